The van der Waals surface area contributed by atoms with Gasteiger partial charge in [-0.15, -0.1) is 0 Å². The van der Waals surface area contributed by atoms with Crippen molar-refractivity contribution in [1.29, 1.82) is 0 Å². The Bertz CT molecular complexity index is 238. The summed E-state index contributed by atoms with van der Waals surface area (Å²) >= 11 is 0. The molecule has 0 saturated carbocycles. The Hall–Kier alpha value is -0.960. The second kappa shape index (κ2) is 4.92. The predicted octanol–water partition coefficient (Wildman–Crippen LogP) is 1.86. The largest absolute Gasteiger partial charge is 0.325 e. The standard InChI is InChI=1S/C10H13F2N/c11-7-9(12)10(13)6-8-4-2-1-3-5-8/h1-5,9-10H,6-7,13H2. The Morgan fingerprint density at radius 2 is 1.85 bits per heavy atom. The second-order valence-electron chi connectivity index (χ2n) is 3.02. The van der Waals surface area contributed by atoms with Crippen molar-refractivity contribution in [2.24, 2.45) is 5.73 Å². The van der Waals surface area contributed by atoms with Crippen molar-refractivity contribution < 1.29 is 8.78 Å². The Morgan fingerprint density at radius 1 is 1.23 bits per heavy atom. The van der Waals surface area contributed by atoms with Crippen molar-refractivity contribution >= 4 is 0 Å². The SMILES string of the molecule is NC(Cc1ccccc1)C(F)CF. The van der Waals surface area contributed by atoms with Crippen molar-refractivity contribution in [1.82, 2.24) is 0 Å². The molecule has 0 bridgehead atoms. The first-order chi connectivity index (χ1) is 6.24. The van der Waals surface area contributed by atoms with Gasteiger partial charge in [-0.2, -0.15) is 0 Å². The quantitative estimate of drug-likeness (QED) is 0.761. The first kappa shape index (κ1) is 10.1. The molecule has 0 fully saturated rings. The van der Waals surface area contributed by atoms with E-state index < -0.39 is 18.9 Å². The van der Waals surface area contributed by atoms with Crippen molar-refractivity contribution in [3.05, 3.63) is 35.9 Å². The lowest BCUT2D eigenvalue weighted by atomic mass is 10.0. The van der Waals surface area contributed by atoms with Gasteiger partial charge in [0.05, 0.1) is 0 Å². The Labute approximate surface area is 76.6 Å². The zero-order valence-corrected chi connectivity index (χ0v) is 7.29. The fourth-order valence-electron chi connectivity index (χ4n) is 1.13. The predicted molar refractivity (Wildman–Crippen MR) is 49.0 cm³/mol. The summed E-state index contributed by atoms with van der Waals surface area (Å²) in [7, 11) is 0. The van der Waals surface area contributed by atoms with E-state index in [0.29, 0.717) is 6.42 Å². The van der Waals surface area contributed by atoms with E-state index in [-0.39, 0.29) is 0 Å². The van der Waals surface area contributed by atoms with Crippen LogP contribution in [0.3, 0.4) is 0 Å². The zero-order valence-electron chi connectivity index (χ0n) is 7.29. The highest BCUT2D eigenvalue weighted by molar-refractivity contribution is 5.16. The summed E-state index contributed by atoms with van der Waals surface area (Å²) in [6, 6.07) is 8.54. The maximum absolute atomic E-state index is 12.7. The van der Waals surface area contributed by atoms with Gasteiger partial charge in [0.15, 0.2) is 0 Å². The maximum atomic E-state index is 12.7. The van der Waals surface area contributed by atoms with E-state index in [9.17, 15) is 8.78 Å². The molecule has 2 unspecified atom stereocenters. The Morgan fingerprint density at radius 3 is 2.38 bits per heavy atom. The van der Waals surface area contributed by atoms with E-state index in [1.165, 1.54) is 0 Å². The van der Waals surface area contributed by atoms with E-state index in [2.05, 4.69) is 0 Å². The number of hydrogen-bond donors (Lipinski definition) is 1. The van der Waals surface area contributed by atoms with Gasteiger partial charge in [0, 0.05) is 6.04 Å². The van der Waals surface area contributed by atoms with Crippen LogP contribution in [0.25, 0.3) is 0 Å². The highest BCUT2D eigenvalue weighted by Crippen LogP contribution is 2.06. The molecular formula is C10H13F2N. The smallest absolute Gasteiger partial charge is 0.144 e. The molecule has 1 aromatic rings. The molecule has 0 aromatic heterocycles. The number of hydrogen-bond acceptors (Lipinski definition) is 1. The van der Waals surface area contributed by atoms with Crippen LogP contribution in [0, 0.1) is 0 Å². The average molecular weight is 185 g/mol. The highest BCUT2D eigenvalue weighted by Gasteiger charge is 2.16. The first-order valence-corrected chi connectivity index (χ1v) is 4.23. The minimum atomic E-state index is -1.56. The topological polar surface area (TPSA) is 26.0 Å². The summed E-state index contributed by atoms with van der Waals surface area (Å²) in [6.45, 7) is -1.01. The van der Waals surface area contributed by atoms with Crippen molar-refractivity contribution in [3.63, 3.8) is 0 Å². The third kappa shape index (κ3) is 3.11. The van der Waals surface area contributed by atoms with Crippen molar-refractivity contribution in [2.45, 2.75) is 18.6 Å². The minimum Gasteiger partial charge on any atom is -0.325 e. The van der Waals surface area contributed by atoms with E-state index in [0.717, 1.165) is 5.56 Å². The molecule has 0 saturated heterocycles. The Kier molecular flexibility index (Phi) is 3.83. The van der Waals surface area contributed by atoms with Gasteiger partial charge in [0.2, 0.25) is 0 Å². The van der Waals surface area contributed by atoms with E-state index in [1.807, 2.05) is 30.3 Å². The van der Waals surface area contributed by atoms with Gasteiger partial charge in [-0.1, -0.05) is 30.3 Å². The summed E-state index contributed by atoms with van der Waals surface area (Å²) in [5.41, 5.74) is 6.38. The lowest BCUT2D eigenvalue weighted by Crippen LogP contribution is -2.35. The van der Waals surface area contributed by atoms with Gasteiger partial charge in [0.1, 0.15) is 12.8 Å². The molecule has 2 atom stereocenters. The molecule has 2 N–H and O–H groups in total. The molecule has 0 aliphatic carbocycles. The zero-order chi connectivity index (χ0) is 9.68. The third-order valence-electron chi connectivity index (χ3n) is 1.93. The normalized spacial score (nSPS) is 15.3. The van der Waals surface area contributed by atoms with Gasteiger partial charge in [0.25, 0.3) is 0 Å². The van der Waals surface area contributed by atoms with Crippen molar-refractivity contribution in [3.8, 4) is 0 Å². The molecule has 0 aliphatic heterocycles. The summed E-state index contributed by atoms with van der Waals surface area (Å²) in [4.78, 5) is 0. The highest BCUT2D eigenvalue weighted by atomic mass is 19.2. The van der Waals surface area contributed by atoms with Gasteiger partial charge in [-0.25, -0.2) is 8.78 Å². The molecule has 0 aliphatic rings. The minimum absolute atomic E-state index is 0.381. The lowest BCUT2D eigenvalue weighted by Gasteiger charge is -2.13. The first-order valence-electron chi connectivity index (χ1n) is 4.23. The van der Waals surface area contributed by atoms with Crippen LogP contribution in [0.2, 0.25) is 0 Å². The summed E-state index contributed by atoms with van der Waals surface area (Å²) < 4.78 is 24.6. The van der Waals surface area contributed by atoms with Crippen LogP contribution >= 0.6 is 0 Å². The maximum Gasteiger partial charge on any atom is 0.144 e. The second-order valence-corrected chi connectivity index (χ2v) is 3.02. The Balaban J connectivity index is 2.50. The van der Waals surface area contributed by atoms with Gasteiger partial charge in [-0.05, 0) is 12.0 Å². The molecule has 0 amide bonds. The van der Waals surface area contributed by atoms with E-state index in [4.69, 9.17) is 5.73 Å². The monoisotopic (exact) mass is 185 g/mol. The number of benzene rings is 1. The van der Waals surface area contributed by atoms with Crippen LogP contribution in [-0.4, -0.2) is 18.9 Å². The van der Waals surface area contributed by atoms with Gasteiger partial charge < -0.3 is 5.73 Å². The molecule has 13 heavy (non-hydrogen) atoms. The third-order valence-corrected chi connectivity index (χ3v) is 1.93. The van der Waals surface area contributed by atoms with Crippen LogP contribution in [0.15, 0.2) is 30.3 Å². The van der Waals surface area contributed by atoms with Crippen LogP contribution in [-0.2, 0) is 6.42 Å². The fraction of sp³-hybridized carbons (Fsp3) is 0.400. The van der Waals surface area contributed by atoms with Crippen LogP contribution in [0.5, 0.6) is 0 Å². The van der Waals surface area contributed by atoms with Crippen LogP contribution < -0.4 is 5.73 Å². The van der Waals surface area contributed by atoms with Gasteiger partial charge >= 0.3 is 0 Å². The van der Waals surface area contributed by atoms with Gasteiger partial charge in [-0.3, -0.25) is 0 Å². The molecule has 0 spiro atoms. The van der Waals surface area contributed by atoms with Crippen LogP contribution in [0.4, 0.5) is 8.78 Å². The number of rotatable bonds is 4. The van der Waals surface area contributed by atoms with Crippen LogP contribution in [0.1, 0.15) is 5.56 Å². The number of nitrogens with two attached hydrogens (primary N) is 1. The van der Waals surface area contributed by atoms with E-state index in [1.54, 1.807) is 0 Å². The lowest BCUT2D eigenvalue weighted by molar-refractivity contribution is 0.222. The molecule has 1 nitrogen and oxygen atoms in total. The number of alkyl halides is 2. The molecule has 1 aromatic carbocycles. The molecule has 0 radical (unpaired) electrons. The number of halogens is 2. The molecular weight excluding hydrogens is 172 g/mol. The van der Waals surface area contributed by atoms with E-state index >= 15 is 0 Å². The van der Waals surface area contributed by atoms with Crippen molar-refractivity contribution in [2.75, 3.05) is 6.67 Å². The molecule has 72 valence electrons. The average Bonchev–Trinajstić information content (AvgIpc) is 2.18. The molecule has 3 heteroatoms. The summed E-state index contributed by atoms with van der Waals surface area (Å²) in [6.07, 6.45) is -1.17. The summed E-state index contributed by atoms with van der Waals surface area (Å²) in [5, 5.41) is 0. The molecule has 1 rings (SSSR count). The molecule has 0 heterocycles. The summed E-state index contributed by atoms with van der Waals surface area (Å²) in [5.74, 6) is 0. The fourth-order valence-corrected chi connectivity index (χ4v) is 1.13.